The number of piperidine rings is 1. The number of hydrogen-bond acceptors (Lipinski definition) is 6. The van der Waals surface area contributed by atoms with Crippen molar-refractivity contribution in [3.05, 3.63) is 46.1 Å². The third kappa shape index (κ3) is 4.12. The first kappa shape index (κ1) is 17.7. The zero-order valence-corrected chi connectivity index (χ0v) is 14.8. The number of hydrogen-bond donors (Lipinski definition) is 2. The molecule has 2 heterocycles. The summed E-state index contributed by atoms with van der Waals surface area (Å²) in [5.74, 6) is 5.84. The van der Waals surface area contributed by atoms with Crippen LogP contribution in [0.1, 0.15) is 23.3 Å². The maximum Gasteiger partial charge on any atom is 0.285 e. The fourth-order valence-electron chi connectivity index (χ4n) is 2.65. The first-order chi connectivity index (χ1) is 12.1. The molecule has 1 amide bonds. The van der Waals surface area contributed by atoms with Gasteiger partial charge in [0, 0.05) is 25.9 Å². The average Bonchev–Trinajstić information content (AvgIpc) is 2.65. The lowest BCUT2D eigenvalue weighted by Gasteiger charge is -2.33. The molecule has 0 saturated carbocycles. The lowest BCUT2D eigenvalue weighted by molar-refractivity contribution is 0.0947. The number of anilines is 1. The van der Waals surface area contributed by atoms with Gasteiger partial charge in [-0.25, -0.2) is 5.84 Å². The summed E-state index contributed by atoms with van der Waals surface area (Å²) in [6, 6.07) is 8.65. The highest BCUT2D eigenvalue weighted by Crippen LogP contribution is 2.34. The first-order valence-corrected chi connectivity index (χ1v) is 8.54. The van der Waals surface area contributed by atoms with Gasteiger partial charge in [0.05, 0.1) is 10.0 Å². The van der Waals surface area contributed by atoms with Crippen LogP contribution in [0.2, 0.25) is 10.0 Å². The number of carbonyl (C=O) groups is 1. The van der Waals surface area contributed by atoms with Crippen LogP contribution in [0.4, 0.5) is 5.82 Å². The topological polar surface area (TPSA) is 93.4 Å². The molecule has 1 aliphatic rings. The summed E-state index contributed by atoms with van der Waals surface area (Å²) in [7, 11) is 0. The van der Waals surface area contributed by atoms with Crippen molar-refractivity contribution >= 4 is 34.9 Å². The molecular weight excluding hydrogens is 365 g/mol. The summed E-state index contributed by atoms with van der Waals surface area (Å²) < 4.78 is 5.97. The molecule has 0 spiro atoms. The van der Waals surface area contributed by atoms with E-state index in [0.717, 1.165) is 25.9 Å². The first-order valence-electron chi connectivity index (χ1n) is 7.79. The van der Waals surface area contributed by atoms with Crippen LogP contribution in [0.15, 0.2) is 30.3 Å². The van der Waals surface area contributed by atoms with Gasteiger partial charge in [0.15, 0.2) is 17.3 Å². The highest BCUT2D eigenvalue weighted by molar-refractivity contribution is 6.37. The number of nitrogens with zero attached hydrogens (tertiary/aromatic N) is 3. The Bertz CT molecular complexity index is 728. The summed E-state index contributed by atoms with van der Waals surface area (Å²) in [4.78, 5) is 13.5. The van der Waals surface area contributed by atoms with E-state index in [1.807, 2.05) is 5.43 Å². The van der Waals surface area contributed by atoms with Crippen LogP contribution < -0.4 is 20.9 Å². The predicted molar refractivity (Wildman–Crippen MR) is 96.0 cm³/mol. The Morgan fingerprint density at radius 1 is 1.16 bits per heavy atom. The van der Waals surface area contributed by atoms with Gasteiger partial charge in [0.2, 0.25) is 0 Å². The molecule has 1 aliphatic heterocycles. The summed E-state index contributed by atoms with van der Waals surface area (Å²) in [6.45, 7) is 1.51. The monoisotopic (exact) mass is 381 g/mol. The molecule has 3 rings (SSSR count). The second kappa shape index (κ2) is 7.86. The Kier molecular flexibility index (Phi) is 5.57. The standard InChI is InChI=1S/C16H17Cl2N5O2/c17-11-2-1-3-12(18)15(11)25-10-6-8-23(9-7-10)14-5-4-13(21-22-14)16(24)20-19/h1-5,10H,6-9,19H2,(H,20,24). The van der Waals surface area contributed by atoms with E-state index in [0.29, 0.717) is 21.6 Å². The van der Waals surface area contributed by atoms with Gasteiger partial charge in [-0.1, -0.05) is 29.3 Å². The Morgan fingerprint density at radius 2 is 1.84 bits per heavy atom. The summed E-state index contributed by atoms with van der Waals surface area (Å²) >= 11 is 12.3. The van der Waals surface area contributed by atoms with Crippen LogP contribution in [0, 0.1) is 0 Å². The molecule has 3 N–H and O–H groups in total. The highest BCUT2D eigenvalue weighted by Gasteiger charge is 2.23. The molecule has 0 unspecified atom stereocenters. The average molecular weight is 382 g/mol. The van der Waals surface area contributed by atoms with Gasteiger partial charge in [-0.2, -0.15) is 0 Å². The van der Waals surface area contributed by atoms with E-state index >= 15 is 0 Å². The van der Waals surface area contributed by atoms with E-state index in [1.54, 1.807) is 30.3 Å². The third-order valence-electron chi connectivity index (χ3n) is 3.98. The van der Waals surface area contributed by atoms with Crippen molar-refractivity contribution < 1.29 is 9.53 Å². The van der Waals surface area contributed by atoms with E-state index in [9.17, 15) is 4.79 Å². The summed E-state index contributed by atoms with van der Waals surface area (Å²) in [5, 5.41) is 8.99. The van der Waals surface area contributed by atoms with E-state index in [2.05, 4.69) is 15.1 Å². The number of nitrogen functional groups attached to an aromatic ring is 1. The third-order valence-corrected chi connectivity index (χ3v) is 4.58. The number of amides is 1. The number of aromatic nitrogens is 2. The van der Waals surface area contributed by atoms with Crippen molar-refractivity contribution in [1.29, 1.82) is 0 Å². The minimum atomic E-state index is -0.470. The van der Waals surface area contributed by atoms with Crippen molar-refractivity contribution in [3.8, 4) is 5.75 Å². The van der Waals surface area contributed by atoms with Crippen LogP contribution in [0.25, 0.3) is 0 Å². The SMILES string of the molecule is NNC(=O)c1ccc(N2CCC(Oc3c(Cl)cccc3Cl)CC2)nn1. The molecule has 9 heteroatoms. The van der Waals surface area contributed by atoms with Gasteiger partial charge in [-0.05, 0) is 24.3 Å². The lowest BCUT2D eigenvalue weighted by Crippen LogP contribution is -2.39. The Balaban J connectivity index is 1.59. The van der Waals surface area contributed by atoms with Crippen molar-refractivity contribution in [2.24, 2.45) is 5.84 Å². The fraction of sp³-hybridized carbons (Fsp3) is 0.312. The van der Waals surface area contributed by atoms with Gasteiger partial charge in [-0.15, -0.1) is 10.2 Å². The number of hydrazine groups is 1. The van der Waals surface area contributed by atoms with Crippen LogP contribution in [0.5, 0.6) is 5.75 Å². The van der Waals surface area contributed by atoms with Gasteiger partial charge in [-0.3, -0.25) is 10.2 Å². The van der Waals surface area contributed by atoms with Crippen molar-refractivity contribution in [2.45, 2.75) is 18.9 Å². The van der Waals surface area contributed by atoms with Crippen molar-refractivity contribution in [3.63, 3.8) is 0 Å². The van der Waals surface area contributed by atoms with Gasteiger partial charge in [0.1, 0.15) is 6.10 Å². The highest BCUT2D eigenvalue weighted by atomic mass is 35.5. The molecule has 0 bridgehead atoms. The molecule has 7 nitrogen and oxygen atoms in total. The predicted octanol–water partition coefficient (Wildman–Crippen LogP) is 2.43. The number of ether oxygens (including phenoxy) is 1. The summed E-state index contributed by atoms with van der Waals surface area (Å²) in [6.07, 6.45) is 1.63. The second-order valence-corrected chi connectivity index (χ2v) is 6.42. The van der Waals surface area contributed by atoms with Gasteiger partial charge >= 0.3 is 0 Å². The largest absolute Gasteiger partial charge is 0.487 e. The molecule has 1 aromatic carbocycles. The van der Waals surface area contributed by atoms with E-state index in [4.69, 9.17) is 33.8 Å². The number of para-hydroxylation sites is 1. The number of nitrogens with two attached hydrogens (primary N) is 1. The van der Waals surface area contributed by atoms with Crippen LogP contribution in [-0.2, 0) is 0 Å². The molecule has 0 atom stereocenters. The smallest absolute Gasteiger partial charge is 0.285 e. The Hall–Kier alpha value is -2.09. The van der Waals surface area contributed by atoms with Crippen molar-refractivity contribution in [2.75, 3.05) is 18.0 Å². The Morgan fingerprint density at radius 3 is 2.40 bits per heavy atom. The maximum atomic E-state index is 11.4. The van der Waals surface area contributed by atoms with Crippen LogP contribution in [-0.4, -0.2) is 35.3 Å². The molecule has 0 aliphatic carbocycles. The normalized spacial score (nSPS) is 15.1. The number of halogens is 2. The number of benzene rings is 1. The Labute approximate surface area is 155 Å². The zero-order chi connectivity index (χ0) is 17.8. The molecule has 25 heavy (non-hydrogen) atoms. The molecule has 1 aromatic heterocycles. The zero-order valence-electron chi connectivity index (χ0n) is 13.3. The number of rotatable bonds is 4. The minimum absolute atomic E-state index is 0.0314. The van der Waals surface area contributed by atoms with Crippen molar-refractivity contribution in [1.82, 2.24) is 15.6 Å². The summed E-state index contributed by atoms with van der Waals surface area (Å²) in [5.41, 5.74) is 2.20. The number of nitrogens with one attached hydrogen (secondary N) is 1. The molecule has 132 valence electrons. The molecular formula is C16H17Cl2N5O2. The van der Waals surface area contributed by atoms with Gasteiger partial charge < -0.3 is 9.64 Å². The quantitative estimate of drug-likeness (QED) is 0.479. The number of carbonyl (C=O) groups excluding carboxylic acids is 1. The molecule has 0 radical (unpaired) electrons. The van der Waals surface area contributed by atoms with E-state index in [-0.39, 0.29) is 11.8 Å². The molecule has 1 fully saturated rings. The fourth-order valence-corrected chi connectivity index (χ4v) is 3.14. The van der Waals surface area contributed by atoms with Crippen LogP contribution >= 0.6 is 23.2 Å². The second-order valence-electron chi connectivity index (χ2n) is 5.61. The minimum Gasteiger partial charge on any atom is -0.487 e. The van der Waals surface area contributed by atoms with E-state index < -0.39 is 5.91 Å². The molecule has 1 saturated heterocycles. The van der Waals surface area contributed by atoms with E-state index in [1.165, 1.54) is 0 Å². The lowest BCUT2D eigenvalue weighted by atomic mass is 10.1. The molecule has 2 aromatic rings. The van der Waals surface area contributed by atoms with Crippen LogP contribution in [0.3, 0.4) is 0 Å². The van der Waals surface area contributed by atoms with Gasteiger partial charge in [0.25, 0.3) is 5.91 Å². The maximum absolute atomic E-state index is 11.4.